The van der Waals surface area contributed by atoms with Crippen molar-refractivity contribution < 1.29 is 15.3 Å². The standard InChI is InChI=1S/C20H34O3/c1-16(7-5-9-18(3)15-22)8-6-10-19(4)20(23)12-11-17(2)13-14-21/h8-9,13,20-23H,4-7,10-12,14-15H2,1-3H3/b16-8+,17-13+,18-9+. The zero-order chi connectivity index (χ0) is 17.7. The van der Waals surface area contributed by atoms with Gasteiger partial charge in [0.15, 0.2) is 0 Å². The van der Waals surface area contributed by atoms with Gasteiger partial charge in [0, 0.05) is 0 Å². The van der Waals surface area contributed by atoms with Crippen LogP contribution in [-0.2, 0) is 0 Å². The lowest BCUT2D eigenvalue weighted by Crippen LogP contribution is -2.09. The van der Waals surface area contributed by atoms with Gasteiger partial charge in [-0.05, 0) is 64.9 Å². The molecular weight excluding hydrogens is 288 g/mol. The van der Waals surface area contributed by atoms with E-state index in [4.69, 9.17) is 10.2 Å². The van der Waals surface area contributed by atoms with Gasteiger partial charge in [0.05, 0.1) is 19.3 Å². The van der Waals surface area contributed by atoms with Crippen molar-refractivity contribution in [3.8, 4) is 0 Å². The van der Waals surface area contributed by atoms with Gasteiger partial charge in [0.1, 0.15) is 0 Å². The highest BCUT2D eigenvalue weighted by Gasteiger charge is 2.08. The predicted molar refractivity (Wildman–Crippen MR) is 98.3 cm³/mol. The van der Waals surface area contributed by atoms with Crippen LogP contribution in [0, 0.1) is 0 Å². The van der Waals surface area contributed by atoms with Crippen LogP contribution < -0.4 is 0 Å². The molecule has 1 atom stereocenters. The van der Waals surface area contributed by atoms with Crippen molar-refractivity contribution in [1.29, 1.82) is 0 Å². The number of hydrogen-bond donors (Lipinski definition) is 3. The van der Waals surface area contributed by atoms with E-state index in [9.17, 15) is 5.11 Å². The Hall–Kier alpha value is -1.16. The average Bonchev–Trinajstić information content (AvgIpc) is 2.52. The van der Waals surface area contributed by atoms with Crippen LogP contribution in [0.3, 0.4) is 0 Å². The fourth-order valence-electron chi connectivity index (χ4n) is 2.21. The first-order valence-corrected chi connectivity index (χ1v) is 8.45. The third kappa shape index (κ3) is 12.0. The van der Waals surface area contributed by atoms with Crippen molar-refractivity contribution in [2.45, 2.75) is 65.4 Å². The Morgan fingerprint density at radius 1 is 0.870 bits per heavy atom. The van der Waals surface area contributed by atoms with Gasteiger partial charge < -0.3 is 15.3 Å². The molecule has 0 spiro atoms. The zero-order valence-electron chi connectivity index (χ0n) is 15.0. The van der Waals surface area contributed by atoms with E-state index in [0.717, 1.165) is 48.8 Å². The van der Waals surface area contributed by atoms with Crippen LogP contribution in [0.2, 0.25) is 0 Å². The van der Waals surface area contributed by atoms with Gasteiger partial charge in [-0.1, -0.05) is 41.5 Å². The van der Waals surface area contributed by atoms with Crippen LogP contribution in [0.1, 0.15) is 59.3 Å². The summed E-state index contributed by atoms with van der Waals surface area (Å²) in [4.78, 5) is 0. The van der Waals surface area contributed by atoms with E-state index >= 15 is 0 Å². The van der Waals surface area contributed by atoms with Crippen LogP contribution in [0.25, 0.3) is 0 Å². The maximum absolute atomic E-state index is 10.1. The minimum absolute atomic E-state index is 0.0555. The molecule has 0 aliphatic heterocycles. The number of aliphatic hydroxyl groups is 3. The molecule has 0 aromatic carbocycles. The summed E-state index contributed by atoms with van der Waals surface area (Å²) >= 11 is 0. The molecule has 23 heavy (non-hydrogen) atoms. The fraction of sp³-hybridized carbons (Fsp3) is 0.600. The zero-order valence-corrected chi connectivity index (χ0v) is 15.0. The first-order chi connectivity index (χ1) is 10.9. The summed E-state index contributed by atoms with van der Waals surface area (Å²) in [6.45, 7) is 10.2. The van der Waals surface area contributed by atoms with Crippen molar-refractivity contribution in [3.63, 3.8) is 0 Å². The Bertz CT molecular complexity index is 430. The summed E-state index contributed by atoms with van der Waals surface area (Å²) in [5.74, 6) is 0. The summed E-state index contributed by atoms with van der Waals surface area (Å²) in [6, 6.07) is 0. The maximum Gasteiger partial charge on any atom is 0.0750 e. The Labute approximate surface area is 141 Å². The lowest BCUT2D eigenvalue weighted by Gasteiger charge is -2.13. The van der Waals surface area contributed by atoms with Gasteiger partial charge in [-0.3, -0.25) is 0 Å². The Morgan fingerprint density at radius 3 is 2.04 bits per heavy atom. The van der Waals surface area contributed by atoms with Crippen molar-refractivity contribution in [3.05, 3.63) is 47.1 Å². The van der Waals surface area contributed by atoms with Gasteiger partial charge in [-0.2, -0.15) is 0 Å². The molecule has 1 unspecified atom stereocenters. The average molecular weight is 322 g/mol. The molecule has 3 heteroatoms. The predicted octanol–water partition coefficient (Wildman–Crippen LogP) is 4.07. The van der Waals surface area contributed by atoms with E-state index in [1.54, 1.807) is 6.08 Å². The van der Waals surface area contributed by atoms with E-state index in [0.29, 0.717) is 6.42 Å². The highest BCUT2D eigenvalue weighted by molar-refractivity contribution is 5.08. The molecule has 132 valence electrons. The van der Waals surface area contributed by atoms with Gasteiger partial charge >= 0.3 is 0 Å². The fourth-order valence-corrected chi connectivity index (χ4v) is 2.21. The molecule has 0 bridgehead atoms. The van der Waals surface area contributed by atoms with Crippen LogP contribution in [0.5, 0.6) is 0 Å². The minimum atomic E-state index is -0.471. The molecule has 0 aliphatic rings. The summed E-state index contributed by atoms with van der Waals surface area (Å²) in [5, 5.41) is 27.8. The van der Waals surface area contributed by atoms with Crippen molar-refractivity contribution in [2.24, 2.45) is 0 Å². The van der Waals surface area contributed by atoms with Crippen LogP contribution >= 0.6 is 0 Å². The smallest absolute Gasteiger partial charge is 0.0750 e. The third-order valence-electron chi connectivity index (χ3n) is 3.96. The third-order valence-corrected chi connectivity index (χ3v) is 3.96. The molecule has 0 fully saturated rings. The van der Waals surface area contributed by atoms with Gasteiger partial charge in [0.2, 0.25) is 0 Å². The summed E-state index contributed by atoms with van der Waals surface area (Å²) < 4.78 is 0. The van der Waals surface area contributed by atoms with E-state index in [1.807, 2.05) is 13.8 Å². The number of aliphatic hydroxyl groups excluding tert-OH is 3. The molecule has 0 saturated heterocycles. The van der Waals surface area contributed by atoms with Gasteiger partial charge in [-0.25, -0.2) is 0 Å². The largest absolute Gasteiger partial charge is 0.392 e. The molecule has 0 radical (unpaired) electrons. The minimum Gasteiger partial charge on any atom is -0.392 e. The van der Waals surface area contributed by atoms with Crippen LogP contribution in [0.4, 0.5) is 0 Å². The van der Waals surface area contributed by atoms with Crippen molar-refractivity contribution in [1.82, 2.24) is 0 Å². The van der Waals surface area contributed by atoms with E-state index in [-0.39, 0.29) is 13.2 Å². The lowest BCUT2D eigenvalue weighted by molar-refractivity contribution is 0.197. The summed E-state index contributed by atoms with van der Waals surface area (Å²) in [6.07, 6.45) is 10.7. The molecule has 0 amide bonds. The second kappa shape index (κ2) is 13.3. The number of hydrogen-bond acceptors (Lipinski definition) is 3. The van der Waals surface area contributed by atoms with E-state index < -0.39 is 6.10 Å². The molecule has 0 aromatic rings. The molecule has 0 aromatic heterocycles. The second-order valence-corrected chi connectivity index (χ2v) is 6.28. The SMILES string of the molecule is C=C(CC/C=C(\C)CC/C=C(\C)CO)C(O)CC/C(C)=C/CO. The van der Waals surface area contributed by atoms with Crippen LogP contribution in [0.15, 0.2) is 47.1 Å². The van der Waals surface area contributed by atoms with Crippen molar-refractivity contribution >= 4 is 0 Å². The molecule has 3 nitrogen and oxygen atoms in total. The topological polar surface area (TPSA) is 60.7 Å². The molecule has 0 saturated carbocycles. The number of rotatable bonds is 12. The lowest BCUT2D eigenvalue weighted by atomic mass is 9.99. The quantitative estimate of drug-likeness (QED) is 0.475. The molecule has 0 rings (SSSR count). The highest BCUT2D eigenvalue weighted by atomic mass is 16.3. The van der Waals surface area contributed by atoms with E-state index in [2.05, 4.69) is 25.7 Å². The first kappa shape index (κ1) is 21.8. The highest BCUT2D eigenvalue weighted by Crippen LogP contribution is 2.17. The van der Waals surface area contributed by atoms with Crippen molar-refractivity contribution in [2.75, 3.05) is 13.2 Å². The molecule has 0 aliphatic carbocycles. The van der Waals surface area contributed by atoms with E-state index in [1.165, 1.54) is 5.57 Å². The van der Waals surface area contributed by atoms with Gasteiger partial charge in [0.25, 0.3) is 0 Å². The first-order valence-electron chi connectivity index (χ1n) is 8.45. The summed E-state index contributed by atoms with van der Waals surface area (Å²) in [5.41, 5.74) is 4.32. The summed E-state index contributed by atoms with van der Waals surface area (Å²) in [7, 11) is 0. The monoisotopic (exact) mass is 322 g/mol. The Morgan fingerprint density at radius 2 is 1.43 bits per heavy atom. The molecule has 3 N–H and O–H groups in total. The Kier molecular flexibility index (Phi) is 12.6. The van der Waals surface area contributed by atoms with Crippen LogP contribution in [-0.4, -0.2) is 34.6 Å². The molecule has 0 heterocycles. The molecular formula is C20H34O3. The Balaban J connectivity index is 4.03. The normalized spacial score (nSPS) is 15.0. The number of allylic oxidation sites excluding steroid dienone is 4. The maximum atomic E-state index is 10.1. The van der Waals surface area contributed by atoms with Gasteiger partial charge in [-0.15, -0.1) is 0 Å². The second-order valence-electron chi connectivity index (χ2n) is 6.28.